The first-order chi connectivity index (χ1) is 17.8. The van der Waals surface area contributed by atoms with Gasteiger partial charge >= 0.3 is 12.1 Å². The molecule has 0 amide bonds. The van der Waals surface area contributed by atoms with Crippen molar-refractivity contribution in [2.45, 2.75) is 18.0 Å². The lowest BCUT2D eigenvalue weighted by molar-refractivity contribution is -0.219. The monoisotopic (exact) mass is 549 g/mol. The lowest BCUT2D eigenvalue weighted by Gasteiger charge is -2.17. The molecule has 0 saturated heterocycles. The molecule has 4 rings (SSSR count). The number of aryl methyl sites for hydroxylation is 1. The highest BCUT2D eigenvalue weighted by Gasteiger charge is 2.43. The van der Waals surface area contributed by atoms with Gasteiger partial charge in [0.1, 0.15) is 29.3 Å². The SMILES string of the molecule is Cc1cc(=O)c2ccc(Nc3cc(Nc4cccc(S(=O)(=O)N(C)OC(=O)C(F)(F)F)c4)ncn3)cc2o1. The molecule has 0 aliphatic rings. The molecule has 11 nitrogen and oxygen atoms in total. The van der Waals surface area contributed by atoms with Crippen molar-refractivity contribution in [3.8, 4) is 0 Å². The second kappa shape index (κ2) is 10.1. The van der Waals surface area contributed by atoms with E-state index in [2.05, 4.69) is 25.4 Å². The summed E-state index contributed by atoms with van der Waals surface area (Å²) in [5.41, 5.74) is 1.00. The van der Waals surface area contributed by atoms with Crippen LogP contribution in [-0.4, -0.2) is 42.0 Å². The van der Waals surface area contributed by atoms with E-state index in [1.165, 1.54) is 30.6 Å². The molecular formula is C23H18F3N5O6S. The van der Waals surface area contributed by atoms with E-state index in [0.29, 0.717) is 35.3 Å². The molecule has 15 heteroatoms. The first-order valence-corrected chi connectivity index (χ1v) is 12.1. The van der Waals surface area contributed by atoms with E-state index in [4.69, 9.17) is 4.42 Å². The minimum Gasteiger partial charge on any atom is -0.461 e. The normalized spacial score (nSPS) is 11.9. The third-order valence-electron chi connectivity index (χ3n) is 4.98. The maximum absolute atomic E-state index is 12.6. The Bertz CT molecular complexity index is 1690. The number of carbonyl (C=O) groups excluding carboxylic acids is 1. The highest BCUT2D eigenvalue weighted by atomic mass is 32.2. The molecule has 4 aromatic rings. The summed E-state index contributed by atoms with van der Waals surface area (Å²) in [5, 5.41) is 6.33. The van der Waals surface area contributed by atoms with Crippen LogP contribution in [0.2, 0.25) is 0 Å². The van der Waals surface area contributed by atoms with Gasteiger partial charge in [0.25, 0.3) is 10.0 Å². The number of anilines is 4. The number of hydrogen-bond acceptors (Lipinski definition) is 10. The summed E-state index contributed by atoms with van der Waals surface area (Å²) in [4.78, 5) is 34.8. The minimum absolute atomic E-state index is 0.165. The summed E-state index contributed by atoms with van der Waals surface area (Å²) >= 11 is 0. The average molecular weight is 549 g/mol. The van der Waals surface area contributed by atoms with Crippen molar-refractivity contribution in [3.63, 3.8) is 0 Å². The van der Waals surface area contributed by atoms with Gasteiger partial charge < -0.3 is 19.9 Å². The molecular weight excluding hydrogens is 531 g/mol. The van der Waals surface area contributed by atoms with E-state index in [0.717, 1.165) is 12.1 Å². The lowest BCUT2D eigenvalue weighted by Crippen LogP contribution is -2.36. The van der Waals surface area contributed by atoms with E-state index < -0.39 is 27.1 Å². The molecule has 0 fully saturated rings. The fourth-order valence-corrected chi connectivity index (χ4v) is 4.23. The topological polar surface area (TPSA) is 144 Å². The Morgan fingerprint density at radius 1 is 1.00 bits per heavy atom. The van der Waals surface area contributed by atoms with Gasteiger partial charge in [-0.2, -0.15) is 13.2 Å². The molecule has 0 radical (unpaired) electrons. The molecule has 2 N–H and O–H groups in total. The van der Waals surface area contributed by atoms with Crippen LogP contribution in [0.1, 0.15) is 5.76 Å². The molecule has 0 aliphatic heterocycles. The minimum atomic E-state index is -5.37. The van der Waals surface area contributed by atoms with Gasteiger partial charge in [-0.05, 0) is 41.7 Å². The molecule has 2 heterocycles. The number of benzene rings is 2. The third kappa shape index (κ3) is 5.90. The molecule has 0 atom stereocenters. The lowest BCUT2D eigenvalue weighted by atomic mass is 10.2. The van der Waals surface area contributed by atoms with Crippen LogP contribution in [0.3, 0.4) is 0 Å². The first kappa shape index (κ1) is 26.6. The van der Waals surface area contributed by atoms with Gasteiger partial charge in [-0.25, -0.2) is 23.2 Å². The molecule has 2 aromatic carbocycles. The van der Waals surface area contributed by atoms with Crippen molar-refractivity contribution in [3.05, 3.63) is 76.9 Å². The van der Waals surface area contributed by atoms with Gasteiger partial charge in [0, 0.05) is 36.6 Å². The van der Waals surface area contributed by atoms with Gasteiger partial charge in [-0.1, -0.05) is 6.07 Å². The van der Waals surface area contributed by atoms with Gasteiger partial charge in [0.2, 0.25) is 0 Å². The molecule has 0 bridgehead atoms. The highest BCUT2D eigenvalue weighted by Crippen LogP contribution is 2.25. The summed E-state index contributed by atoms with van der Waals surface area (Å²) in [5.74, 6) is -1.62. The Hall–Kier alpha value is -4.50. The van der Waals surface area contributed by atoms with Crippen LogP contribution < -0.4 is 16.1 Å². The Kier molecular flexibility index (Phi) is 7.06. The number of fused-ring (bicyclic) bond motifs is 1. The van der Waals surface area contributed by atoms with E-state index in [1.54, 1.807) is 25.1 Å². The third-order valence-corrected chi connectivity index (χ3v) is 6.58. The number of nitrogens with zero attached hydrogens (tertiary/aromatic N) is 3. The van der Waals surface area contributed by atoms with Crippen molar-refractivity contribution >= 4 is 50.0 Å². The smallest absolute Gasteiger partial charge is 0.461 e. The summed E-state index contributed by atoms with van der Waals surface area (Å²) in [6.07, 6.45) is -4.13. The zero-order chi connectivity index (χ0) is 27.7. The predicted octanol–water partition coefficient (Wildman–Crippen LogP) is 4.02. The fraction of sp³-hybridized carbons (Fsp3) is 0.130. The molecule has 2 aromatic heterocycles. The van der Waals surface area contributed by atoms with Gasteiger partial charge in [0.15, 0.2) is 5.43 Å². The van der Waals surface area contributed by atoms with Crippen LogP contribution in [0.5, 0.6) is 0 Å². The Morgan fingerprint density at radius 2 is 1.66 bits per heavy atom. The van der Waals surface area contributed by atoms with Crippen LogP contribution in [-0.2, 0) is 19.7 Å². The number of nitrogens with one attached hydrogen (secondary N) is 2. The molecule has 0 saturated carbocycles. The maximum atomic E-state index is 12.6. The summed E-state index contributed by atoms with van der Waals surface area (Å²) in [7, 11) is -3.94. The molecule has 0 spiro atoms. The number of rotatable bonds is 7. The number of alkyl halides is 3. The van der Waals surface area contributed by atoms with Crippen LogP contribution >= 0.6 is 0 Å². The number of hydroxylamine groups is 1. The number of carbonyl (C=O) groups is 1. The van der Waals surface area contributed by atoms with Crippen molar-refractivity contribution < 1.29 is 35.6 Å². The summed E-state index contributed by atoms with van der Waals surface area (Å²) in [6.45, 7) is 1.66. The average Bonchev–Trinajstić information content (AvgIpc) is 2.83. The maximum Gasteiger partial charge on any atom is 0.492 e. The largest absolute Gasteiger partial charge is 0.492 e. The number of hydrogen-bond donors (Lipinski definition) is 2. The van der Waals surface area contributed by atoms with Crippen LogP contribution in [0, 0.1) is 6.92 Å². The number of sulfonamides is 1. The predicted molar refractivity (Wildman–Crippen MR) is 129 cm³/mol. The summed E-state index contributed by atoms with van der Waals surface area (Å²) < 4.78 is 67.9. The highest BCUT2D eigenvalue weighted by molar-refractivity contribution is 7.89. The molecule has 0 aliphatic carbocycles. The zero-order valence-electron chi connectivity index (χ0n) is 19.6. The van der Waals surface area contributed by atoms with Gasteiger partial charge in [0.05, 0.1) is 10.3 Å². The quantitative estimate of drug-likeness (QED) is 0.324. The number of halogens is 3. The van der Waals surface area contributed by atoms with E-state index >= 15 is 0 Å². The van der Waals surface area contributed by atoms with Gasteiger partial charge in [-0.15, -0.1) is 0 Å². The standard InChI is InChI=1S/C23H18F3N5O6S/c1-13-8-18(32)17-7-6-15(10-19(17)36-13)30-21-11-20(27-12-28-21)29-14-4-3-5-16(9-14)38(34,35)31(2)37-22(33)23(24,25)26/h3-12H,1-2H3,(H2,27,28,29,30). The van der Waals surface area contributed by atoms with Crippen LogP contribution in [0.15, 0.2) is 75.0 Å². The van der Waals surface area contributed by atoms with Gasteiger partial charge in [-0.3, -0.25) is 4.79 Å². The van der Waals surface area contributed by atoms with E-state index in [9.17, 15) is 31.2 Å². The zero-order valence-corrected chi connectivity index (χ0v) is 20.4. The summed E-state index contributed by atoms with van der Waals surface area (Å²) in [6, 6.07) is 12.9. The van der Waals surface area contributed by atoms with Crippen molar-refractivity contribution in [1.29, 1.82) is 0 Å². The second-order valence-electron chi connectivity index (χ2n) is 7.79. The van der Waals surface area contributed by atoms with E-state index in [1.807, 2.05) is 0 Å². The van der Waals surface area contributed by atoms with Crippen LogP contribution in [0.25, 0.3) is 11.0 Å². The van der Waals surface area contributed by atoms with Crippen LogP contribution in [0.4, 0.5) is 36.2 Å². The van der Waals surface area contributed by atoms with Crippen molar-refractivity contribution in [1.82, 2.24) is 14.4 Å². The number of aromatic nitrogens is 2. The Morgan fingerprint density at radius 3 is 2.32 bits per heavy atom. The first-order valence-electron chi connectivity index (χ1n) is 10.6. The molecule has 0 unspecified atom stereocenters. The Labute approximate surface area is 212 Å². The fourth-order valence-electron chi connectivity index (χ4n) is 3.24. The Balaban J connectivity index is 1.52. The second-order valence-corrected chi connectivity index (χ2v) is 9.73. The molecule has 38 heavy (non-hydrogen) atoms. The van der Waals surface area contributed by atoms with Crippen molar-refractivity contribution in [2.75, 3.05) is 17.7 Å². The molecule has 198 valence electrons. The van der Waals surface area contributed by atoms with E-state index in [-0.39, 0.29) is 21.4 Å². The van der Waals surface area contributed by atoms with Crippen molar-refractivity contribution in [2.24, 2.45) is 0 Å².